The third kappa shape index (κ3) is 4.07. The molecule has 0 saturated heterocycles. The quantitative estimate of drug-likeness (QED) is 0.867. The Morgan fingerprint density at radius 2 is 2.00 bits per heavy atom. The number of hydrogen-bond acceptors (Lipinski definition) is 5. The molecule has 1 aliphatic rings. The third-order valence-electron chi connectivity index (χ3n) is 4.35. The number of sulfone groups is 1. The van der Waals surface area contributed by atoms with Gasteiger partial charge in [0.2, 0.25) is 0 Å². The van der Waals surface area contributed by atoms with Gasteiger partial charge >= 0.3 is 0 Å². The van der Waals surface area contributed by atoms with Crippen molar-refractivity contribution in [1.82, 2.24) is 20.1 Å². The molecule has 0 aliphatic carbocycles. The molecule has 0 saturated carbocycles. The van der Waals surface area contributed by atoms with Gasteiger partial charge < -0.3 is 9.88 Å². The van der Waals surface area contributed by atoms with Gasteiger partial charge in [0, 0.05) is 32.2 Å². The Kier molecular flexibility index (Phi) is 5.17. The minimum atomic E-state index is -3.45. The van der Waals surface area contributed by atoms with Crippen molar-refractivity contribution in [2.45, 2.75) is 43.5 Å². The summed E-state index contributed by atoms with van der Waals surface area (Å²) >= 11 is 0. The van der Waals surface area contributed by atoms with Crippen LogP contribution in [0.2, 0.25) is 0 Å². The Labute approximate surface area is 147 Å². The molecule has 0 radical (unpaired) electrons. The SMILES string of the molecule is CS(=O)(=O)c1ccccc1C(=O)NCCc1nnc2n1CCCCC2. The number of nitrogens with one attached hydrogen (secondary N) is 1. The molecule has 2 heterocycles. The fourth-order valence-corrected chi connectivity index (χ4v) is 3.98. The van der Waals surface area contributed by atoms with Gasteiger partial charge in [-0.15, -0.1) is 10.2 Å². The monoisotopic (exact) mass is 362 g/mol. The van der Waals surface area contributed by atoms with E-state index in [1.807, 2.05) is 0 Å². The highest BCUT2D eigenvalue weighted by Crippen LogP contribution is 2.16. The second-order valence-electron chi connectivity index (χ2n) is 6.27. The minimum Gasteiger partial charge on any atom is -0.352 e. The Morgan fingerprint density at radius 3 is 2.80 bits per heavy atom. The highest BCUT2D eigenvalue weighted by molar-refractivity contribution is 7.90. The molecule has 25 heavy (non-hydrogen) atoms. The van der Waals surface area contributed by atoms with Crippen LogP contribution in [0.4, 0.5) is 0 Å². The average Bonchev–Trinajstić information content (AvgIpc) is 2.81. The average molecular weight is 362 g/mol. The molecule has 0 bridgehead atoms. The molecule has 2 aromatic rings. The predicted molar refractivity (Wildman–Crippen MR) is 93.2 cm³/mol. The molecule has 8 heteroatoms. The number of carbonyl (C=O) groups is 1. The van der Waals surface area contributed by atoms with Crippen LogP contribution >= 0.6 is 0 Å². The molecule has 134 valence electrons. The smallest absolute Gasteiger partial charge is 0.252 e. The molecule has 1 aromatic heterocycles. The summed E-state index contributed by atoms with van der Waals surface area (Å²) in [5.74, 6) is 1.49. The van der Waals surface area contributed by atoms with E-state index in [9.17, 15) is 13.2 Å². The number of aromatic nitrogens is 3. The summed E-state index contributed by atoms with van der Waals surface area (Å²) in [6, 6.07) is 6.23. The van der Waals surface area contributed by atoms with Crippen LogP contribution in [0.5, 0.6) is 0 Å². The van der Waals surface area contributed by atoms with Crippen LogP contribution in [0.3, 0.4) is 0 Å². The van der Waals surface area contributed by atoms with Crippen LogP contribution < -0.4 is 5.32 Å². The van der Waals surface area contributed by atoms with Gasteiger partial charge in [0.1, 0.15) is 11.6 Å². The van der Waals surface area contributed by atoms with Crippen molar-refractivity contribution < 1.29 is 13.2 Å². The van der Waals surface area contributed by atoms with Gasteiger partial charge in [0.25, 0.3) is 5.91 Å². The fourth-order valence-electron chi connectivity index (χ4n) is 3.09. The maximum absolute atomic E-state index is 12.4. The van der Waals surface area contributed by atoms with E-state index >= 15 is 0 Å². The number of aryl methyl sites for hydroxylation is 1. The summed E-state index contributed by atoms with van der Waals surface area (Å²) < 4.78 is 25.8. The number of fused-ring (bicyclic) bond motifs is 1. The number of amides is 1. The summed E-state index contributed by atoms with van der Waals surface area (Å²) in [6.45, 7) is 1.30. The Morgan fingerprint density at radius 1 is 1.20 bits per heavy atom. The maximum atomic E-state index is 12.4. The molecule has 1 N–H and O–H groups in total. The first-order valence-electron chi connectivity index (χ1n) is 8.45. The second kappa shape index (κ2) is 7.35. The maximum Gasteiger partial charge on any atom is 0.252 e. The van der Waals surface area contributed by atoms with Crippen LogP contribution in [0.25, 0.3) is 0 Å². The van der Waals surface area contributed by atoms with E-state index in [4.69, 9.17) is 0 Å². The van der Waals surface area contributed by atoms with E-state index < -0.39 is 15.7 Å². The molecule has 0 atom stereocenters. The summed E-state index contributed by atoms with van der Waals surface area (Å²) in [4.78, 5) is 12.4. The zero-order valence-corrected chi connectivity index (χ0v) is 15.1. The predicted octanol–water partition coefficient (Wildman–Crippen LogP) is 1.38. The van der Waals surface area contributed by atoms with Crippen molar-refractivity contribution in [2.24, 2.45) is 0 Å². The molecule has 3 rings (SSSR count). The van der Waals surface area contributed by atoms with Crippen molar-refractivity contribution in [1.29, 1.82) is 0 Å². The lowest BCUT2D eigenvalue weighted by molar-refractivity contribution is 0.0950. The molecular weight excluding hydrogens is 340 g/mol. The van der Waals surface area contributed by atoms with Gasteiger partial charge in [-0.2, -0.15) is 0 Å². The molecule has 7 nitrogen and oxygen atoms in total. The number of hydrogen-bond donors (Lipinski definition) is 1. The zero-order chi connectivity index (χ0) is 17.9. The van der Waals surface area contributed by atoms with Gasteiger partial charge in [0.15, 0.2) is 9.84 Å². The number of rotatable bonds is 5. The van der Waals surface area contributed by atoms with Crippen molar-refractivity contribution >= 4 is 15.7 Å². The van der Waals surface area contributed by atoms with Crippen LogP contribution in [-0.4, -0.2) is 41.9 Å². The van der Waals surface area contributed by atoms with Gasteiger partial charge in [-0.05, 0) is 25.0 Å². The topological polar surface area (TPSA) is 93.9 Å². The minimum absolute atomic E-state index is 0.0452. The third-order valence-corrected chi connectivity index (χ3v) is 5.51. The van der Waals surface area contributed by atoms with E-state index in [0.29, 0.717) is 13.0 Å². The molecule has 0 unspecified atom stereocenters. The number of benzene rings is 1. The van der Waals surface area contributed by atoms with E-state index in [0.717, 1.165) is 43.7 Å². The van der Waals surface area contributed by atoms with Gasteiger partial charge in [-0.3, -0.25) is 4.79 Å². The van der Waals surface area contributed by atoms with Crippen LogP contribution in [-0.2, 0) is 29.2 Å². The fraction of sp³-hybridized carbons (Fsp3) is 0.471. The first kappa shape index (κ1) is 17.6. The lowest BCUT2D eigenvalue weighted by atomic mass is 10.2. The van der Waals surface area contributed by atoms with Crippen molar-refractivity contribution in [2.75, 3.05) is 12.8 Å². The highest BCUT2D eigenvalue weighted by atomic mass is 32.2. The lowest BCUT2D eigenvalue weighted by Gasteiger charge is -2.10. The molecule has 1 aliphatic heterocycles. The van der Waals surface area contributed by atoms with E-state index in [1.165, 1.54) is 18.6 Å². The standard InChI is InChI=1S/C17H22N4O3S/c1-25(23,24)14-8-5-4-7-13(14)17(22)18-11-10-16-20-19-15-9-3-2-6-12-21(15)16/h4-5,7-8H,2-3,6,9-12H2,1H3,(H,18,22). The Hall–Kier alpha value is -2.22. The molecule has 0 fully saturated rings. The van der Waals surface area contributed by atoms with Crippen molar-refractivity contribution in [3.05, 3.63) is 41.5 Å². The van der Waals surface area contributed by atoms with Crippen LogP contribution in [0.15, 0.2) is 29.2 Å². The number of nitrogens with zero attached hydrogens (tertiary/aromatic N) is 3. The highest BCUT2D eigenvalue weighted by Gasteiger charge is 2.18. The van der Waals surface area contributed by atoms with E-state index in [-0.39, 0.29) is 10.5 Å². The molecular formula is C17H22N4O3S. The summed E-state index contributed by atoms with van der Waals surface area (Å²) in [5, 5.41) is 11.3. The van der Waals surface area contributed by atoms with E-state index in [1.54, 1.807) is 12.1 Å². The summed E-state index contributed by atoms with van der Waals surface area (Å²) in [6.07, 6.45) is 6.07. The second-order valence-corrected chi connectivity index (χ2v) is 8.25. The van der Waals surface area contributed by atoms with Crippen molar-refractivity contribution in [3.8, 4) is 0 Å². The lowest BCUT2D eigenvalue weighted by Crippen LogP contribution is -2.28. The number of carbonyl (C=O) groups excluding carboxylic acids is 1. The first-order chi connectivity index (χ1) is 12.0. The largest absolute Gasteiger partial charge is 0.352 e. The normalized spacial score (nSPS) is 14.6. The van der Waals surface area contributed by atoms with Gasteiger partial charge in [0.05, 0.1) is 10.5 Å². The molecule has 1 amide bonds. The first-order valence-corrected chi connectivity index (χ1v) is 10.3. The van der Waals surface area contributed by atoms with Crippen LogP contribution in [0, 0.1) is 0 Å². The van der Waals surface area contributed by atoms with Crippen LogP contribution in [0.1, 0.15) is 41.3 Å². The zero-order valence-electron chi connectivity index (χ0n) is 14.2. The van der Waals surface area contributed by atoms with Gasteiger partial charge in [-0.25, -0.2) is 8.42 Å². The summed E-state index contributed by atoms with van der Waals surface area (Å²) in [7, 11) is -3.45. The van der Waals surface area contributed by atoms with E-state index in [2.05, 4.69) is 20.1 Å². The Balaban J connectivity index is 1.66. The molecule has 1 aromatic carbocycles. The summed E-state index contributed by atoms with van der Waals surface area (Å²) in [5.41, 5.74) is 0.171. The molecule has 0 spiro atoms. The van der Waals surface area contributed by atoms with Gasteiger partial charge in [-0.1, -0.05) is 18.6 Å². The Bertz CT molecular complexity index is 874. The van der Waals surface area contributed by atoms with Crippen molar-refractivity contribution in [3.63, 3.8) is 0 Å².